The topological polar surface area (TPSA) is 101 Å². The molecule has 0 bridgehead atoms. The van der Waals surface area contributed by atoms with Crippen molar-refractivity contribution in [1.29, 1.82) is 0 Å². The maximum Gasteiger partial charge on any atom is 0.329 e. The number of carbonyl (C=O) groups is 2. The van der Waals surface area contributed by atoms with E-state index < -0.39 is 27.3 Å². The Morgan fingerprint density at radius 2 is 1.82 bits per heavy atom. The lowest BCUT2D eigenvalue weighted by Gasteiger charge is -2.25. The molecule has 1 amide bonds. The lowest BCUT2D eigenvalue weighted by molar-refractivity contribution is -0.147. The fourth-order valence-electron chi connectivity index (χ4n) is 1.98. The highest BCUT2D eigenvalue weighted by atomic mass is 32.2. The SMILES string of the molecule is CS(=O)(=O)CCC(=O)NC1(C(=O)O)CCCC1. The van der Waals surface area contributed by atoms with Crippen molar-refractivity contribution in [2.75, 3.05) is 12.0 Å². The van der Waals surface area contributed by atoms with Gasteiger partial charge in [0, 0.05) is 12.7 Å². The summed E-state index contributed by atoms with van der Waals surface area (Å²) in [5.74, 6) is -1.81. The van der Waals surface area contributed by atoms with Crippen LogP contribution in [-0.2, 0) is 19.4 Å². The zero-order chi connectivity index (χ0) is 13.1. The van der Waals surface area contributed by atoms with Gasteiger partial charge in [-0.2, -0.15) is 0 Å². The summed E-state index contributed by atoms with van der Waals surface area (Å²) < 4.78 is 21.8. The minimum Gasteiger partial charge on any atom is -0.480 e. The smallest absolute Gasteiger partial charge is 0.329 e. The highest BCUT2D eigenvalue weighted by Crippen LogP contribution is 2.29. The Labute approximate surface area is 100 Å². The average molecular weight is 263 g/mol. The number of hydrogen-bond acceptors (Lipinski definition) is 4. The van der Waals surface area contributed by atoms with Crippen LogP contribution in [0.25, 0.3) is 0 Å². The molecule has 0 atom stereocenters. The third-order valence-corrected chi connectivity index (χ3v) is 3.89. The number of hydrogen-bond donors (Lipinski definition) is 2. The molecular formula is C10H17NO5S. The van der Waals surface area contributed by atoms with Crippen molar-refractivity contribution in [3.8, 4) is 0 Å². The van der Waals surface area contributed by atoms with Gasteiger partial charge in [-0.1, -0.05) is 12.8 Å². The van der Waals surface area contributed by atoms with Gasteiger partial charge in [-0.15, -0.1) is 0 Å². The van der Waals surface area contributed by atoms with Gasteiger partial charge in [0.2, 0.25) is 5.91 Å². The lowest BCUT2D eigenvalue weighted by atomic mass is 9.98. The van der Waals surface area contributed by atoms with Crippen molar-refractivity contribution in [3.05, 3.63) is 0 Å². The van der Waals surface area contributed by atoms with Crippen molar-refractivity contribution in [1.82, 2.24) is 5.32 Å². The van der Waals surface area contributed by atoms with Gasteiger partial charge in [0.25, 0.3) is 0 Å². The molecule has 0 aliphatic heterocycles. The molecule has 0 unspecified atom stereocenters. The van der Waals surface area contributed by atoms with Crippen LogP contribution in [0.3, 0.4) is 0 Å². The Morgan fingerprint density at radius 1 is 1.29 bits per heavy atom. The molecule has 1 aliphatic rings. The van der Waals surface area contributed by atoms with Crippen LogP contribution in [0.5, 0.6) is 0 Å². The molecule has 0 radical (unpaired) electrons. The van der Waals surface area contributed by atoms with Gasteiger partial charge in [0.15, 0.2) is 0 Å². The molecule has 1 fully saturated rings. The summed E-state index contributed by atoms with van der Waals surface area (Å²) in [6.07, 6.45) is 3.20. The highest BCUT2D eigenvalue weighted by molar-refractivity contribution is 7.90. The number of sulfone groups is 1. The third kappa shape index (κ3) is 3.99. The molecule has 0 heterocycles. The fourth-order valence-corrected chi connectivity index (χ4v) is 2.53. The van der Waals surface area contributed by atoms with Gasteiger partial charge >= 0.3 is 5.97 Å². The van der Waals surface area contributed by atoms with Crippen LogP contribution >= 0.6 is 0 Å². The van der Waals surface area contributed by atoms with Crippen LogP contribution in [0.15, 0.2) is 0 Å². The first kappa shape index (κ1) is 14.0. The molecule has 0 aromatic heterocycles. The van der Waals surface area contributed by atoms with E-state index in [0.29, 0.717) is 12.8 Å². The number of nitrogens with one attached hydrogen (secondary N) is 1. The quantitative estimate of drug-likeness (QED) is 0.723. The van der Waals surface area contributed by atoms with E-state index in [2.05, 4.69) is 5.32 Å². The van der Waals surface area contributed by atoms with Crippen molar-refractivity contribution in [2.24, 2.45) is 0 Å². The lowest BCUT2D eigenvalue weighted by Crippen LogP contribution is -2.52. The standard InChI is InChI=1S/C10H17NO5S/c1-17(15,16)7-4-8(12)11-10(9(13)14)5-2-3-6-10/h2-7H2,1H3,(H,11,12)(H,13,14). The minimum atomic E-state index is -3.20. The molecule has 0 aromatic rings. The van der Waals surface area contributed by atoms with Crippen molar-refractivity contribution < 1.29 is 23.1 Å². The molecule has 1 rings (SSSR count). The van der Waals surface area contributed by atoms with Crippen LogP contribution in [0.2, 0.25) is 0 Å². The summed E-state index contributed by atoms with van der Waals surface area (Å²) in [6, 6.07) is 0. The predicted molar refractivity (Wildman–Crippen MR) is 61.3 cm³/mol. The monoisotopic (exact) mass is 263 g/mol. The van der Waals surface area contributed by atoms with Gasteiger partial charge in [0.1, 0.15) is 15.4 Å². The molecule has 2 N–H and O–H groups in total. The second-order valence-electron chi connectivity index (χ2n) is 4.52. The maximum atomic E-state index is 11.5. The fraction of sp³-hybridized carbons (Fsp3) is 0.800. The van der Waals surface area contributed by atoms with E-state index >= 15 is 0 Å². The Bertz CT molecular complexity index is 408. The highest BCUT2D eigenvalue weighted by Gasteiger charge is 2.42. The largest absolute Gasteiger partial charge is 0.480 e. The Hall–Kier alpha value is -1.11. The van der Waals surface area contributed by atoms with Crippen LogP contribution in [0.4, 0.5) is 0 Å². The van der Waals surface area contributed by atoms with E-state index in [1.165, 1.54) is 0 Å². The van der Waals surface area contributed by atoms with Gasteiger partial charge < -0.3 is 10.4 Å². The van der Waals surface area contributed by atoms with Crippen LogP contribution in [-0.4, -0.2) is 42.9 Å². The number of amides is 1. The van der Waals surface area contributed by atoms with Crippen molar-refractivity contribution in [3.63, 3.8) is 0 Å². The summed E-state index contributed by atoms with van der Waals surface area (Å²) in [5, 5.41) is 11.6. The van der Waals surface area contributed by atoms with E-state index in [1.807, 2.05) is 0 Å². The number of aliphatic carboxylic acids is 1. The number of carbonyl (C=O) groups excluding carboxylic acids is 1. The van der Waals surface area contributed by atoms with Crippen molar-refractivity contribution in [2.45, 2.75) is 37.6 Å². The first-order valence-corrected chi connectivity index (χ1v) is 7.53. The summed E-state index contributed by atoms with van der Waals surface area (Å²) in [7, 11) is -3.20. The summed E-state index contributed by atoms with van der Waals surface area (Å²) >= 11 is 0. The molecule has 0 saturated heterocycles. The Morgan fingerprint density at radius 3 is 2.24 bits per heavy atom. The van der Waals surface area contributed by atoms with Crippen LogP contribution in [0, 0.1) is 0 Å². The summed E-state index contributed by atoms with van der Waals surface area (Å²) in [6.45, 7) is 0. The van der Waals surface area contributed by atoms with E-state index in [9.17, 15) is 18.0 Å². The molecule has 17 heavy (non-hydrogen) atoms. The first-order valence-electron chi connectivity index (χ1n) is 5.47. The molecule has 7 heteroatoms. The normalized spacial score (nSPS) is 18.9. The minimum absolute atomic E-state index is 0.187. The molecular weight excluding hydrogens is 246 g/mol. The van der Waals surface area contributed by atoms with E-state index in [1.54, 1.807) is 0 Å². The van der Waals surface area contributed by atoms with Crippen LogP contribution < -0.4 is 5.32 Å². The molecule has 0 spiro atoms. The number of carboxylic acids is 1. The molecule has 1 saturated carbocycles. The molecule has 1 aliphatic carbocycles. The second kappa shape index (κ2) is 5.03. The Kier molecular flexibility index (Phi) is 4.13. The van der Waals surface area contributed by atoms with E-state index in [4.69, 9.17) is 5.11 Å². The zero-order valence-corrected chi connectivity index (χ0v) is 10.5. The maximum absolute atomic E-state index is 11.5. The first-order chi connectivity index (χ1) is 7.75. The van der Waals surface area contributed by atoms with Gasteiger partial charge in [-0.25, -0.2) is 13.2 Å². The Balaban J connectivity index is 2.57. The average Bonchev–Trinajstić information content (AvgIpc) is 2.63. The molecule has 98 valence electrons. The van der Waals surface area contributed by atoms with Crippen LogP contribution in [0.1, 0.15) is 32.1 Å². The van der Waals surface area contributed by atoms with E-state index in [0.717, 1.165) is 19.1 Å². The zero-order valence-electron chi connectivity index (χ0n) is 9.73. The van der Waals surface area contributed by atoms with Crippen molar-refractivity contribution >= 4 is 21.7 Å². The number of rotatable bonds is 5. The van der Waals surface area contributed by atoms with E-state index in [-0.39, 0.29) is 12.2 Å². The van der Waals surface area contributed by atoms with Gasteiger partial charge in [0.05, 0.1) is 5.75 Å². The second-order valence-corrected chi connectivity index (χ2v) is 6.78. The predicted octanol–water partition coefficient (Wildman–Crippen LogP) is -0.0653. The van der Waals surface area contributed by atoms with Gasteiger partial charge in [-0.3, -0.25) is 4.79 Å². The molecule has 0 aromatic carbocycles. The summed E-state index contributed by atoms with van der Waals surface area (Å²) in [4.78, 5) is 22.6. The van der Waals surface area contributed by atoms with Gasteiger partial charge in [-0.05, 0) is 12.8 Å². The third-order valence-electron chi connectivity index (χ3n) is 2.95. The molecule has 6 nitrogen and oxygen atoms in total. The summed E-state index contributed by atoms with van der Waals surface area (Å²) in [5.41, 5.74) is -1.19. The number of carboxylic acid groups (broad SMARTS) is 1.